The third-order valence-corrected chi connectivity index (χ3v) is 4.10. The lowest BCUT2D eigenvalue weighted by Gasteiger charge is -2.09. The smallest absolute Gasteiger partial charge is 0.190 e. The van der Waals surface area contributed by atoms with Crippen molar-refractivity contribution in [2.75, 3.05) is 14.1 Å². The van der Waals surface area contributed by atoms with Gasteiger partial charge in [0.1, 0.15) is 11.9 Å². The van der Waals surface area contributed by atoms with Crippen LogP contribution in [0.15, 0.2) is 47.5 Å². The van der Waals surface area contributed by atoms with Crippen LogP contribution in [0, 0.1) is 0 Å². The highest BCUT2D eigenvalue weighted by Crippen LogP contribution is 2.32. The van der Waals surface area contributed by atoms with Gasteiger partial charge in [0, 0.05) is 27.1 Å². The van der Waals surface area contributed by atoms with Crippen molar-refractivity contribution in [3.8, 4) is 16.9 Å². The normalized spacial score (nSPS) is 16.0. The fourth-order valence-electron chi connectivity index (χ4n) is 2.88. The maximum atomic E-state index is 5.77. The Morgan fingerprint density at radius 2 is 1.88 bits per heavy atom. The Hall–Kier alpha value is -1.76. The lowest BCUT2D eigenvalue weighted by Crippen LogP contribution is -2.34. The molecule has 1 aliphatic heterocycles. The molecule has 24 heavy (non-hydrogen) atoms. The van der Waals surface area contributed by atoms with Gasteiger partial charge in [-0.1, -0.05) is 30.3 Å². The van der Waals surface area contributed by atoms with E-state index in [-0.39, 0.29) is 30.1 Å². The average Bonchev–Trinajstić information content (AvgIpc) is 2.95. The summed E-state index contributed by atoms with van der Waals surface area (Å²) >= 11 is 0. The summed E-state index contributed by atoms with van der Waals surface area (Å²) in [6, 6.07) is 15.1. The minimum atomic E-state index is 0. The van der Waals surface area contributed by atoms with Gasteiger partial charge in [-0.25, -0.2) is 0 Å². The Labute approximate surface area is 160 Å². The largest absolute Gasteiger partial charge is 0.490 e. The Morgan fingerprint density at radius 1 is 1.17 bits per heavy atom. The number of halogens is 1. The van der Waals surface area contributed by atoms with Crippen LogP contribution in [0.25, 0.3) is 11.1 Å². The molecule has 0 aromatic heterocycles. The predicted molar refractivity (Wildman–Crippen MR) is 110 cm³/mol. The molecule has 128 valence electrons. The zero-order valence-corrected chi connectivity index (χ0v) is 16.6. The van der Waals surface area contributed by atoms with Gasteiger partial charge in [-0.3, -0.25) is 4.99 Å². The van der Waals surface area contributed by atoms with E-state index in [4.69, 9.17) is 4.74 Å². The Balaban J connectivity index is 0.00000208. The van der Waals surface area contributed by atoms with E-state index >= 15 is 0 Å². The summed E-state index contributed by atoms with van der Waals surface area (Å²) in [5.74, 6) is 1.82. The summed E-state index contributed by atoms with van der Waals surface area (Å²) in [5, 5.41) is 6.27. The first kappa shape index (κ1) is 18.6. The quantitative estimate of drug-likeness (QED) is 0.439. The third kappa shape index (κ3) is 4.20. The van der Waals surface area contributed by atoms with Crippen molar-refractivity contribution in [2.45, 2.75) is 26.0 Å². The van der Waals surface area contributed by atoms with Crippen molar-refractivity contribution in [1.29, 1.82) is 0 Å². The van der Waals surface area contributed by atoms with Crippen LogP contribution in [0.5, 0.6) is 5.75 Å². The third-order valence-electron chi connectivity index (χ3n) is 4.10. The number of guanidine groups is 1. The number of hydrogen-bond donors (Lipinski definition) is 2. The average molecular weight is 437 g/mol. The molecular formula is C19H24IN3O. The molecule has 5 heteroatoms. The molecule has 0 radical (unpaired) electrons. The number of aliphatic imine (C=N–C) groups is 1. The van der Waals surface area contributed by atoms with Crippen LogP contribution >= 0.6 is 24.0 Å². The van der Waals surface area contributed by atoms with Crippen molar-refractivity contribution in [1.82, 2.24) is 10.6 Å². The molecule has 1 atom stereocenters. The second kappa shape index (κ2) is 8.37. The highest BCUT2D eigenvalue weighted by molar-refractivity contribution is 14.0. The zero-order chi connectivity index (χ0) is 16.2. The molecule has 0 fully saturated rings. The van der Waals surface area contributed by atoms with Gasteiger partial charge >= 0.3 is 0 Å². The first-order valence-electron chi connectivity index (χ1n) is 7.97. The van der Waals surface area contributed by atoms with E-state index in [1.165, 1.54) is 22.3 Å². The van der Waals surface area contributed by atoms with Gasteiger partial charge in [0.25, 0.3) is 0 Å². The van der Waals surface area contributed by atoms with Gasteiger partial charge in [0.05, 0.1) is 0 Å². The van der Waals surface area contributed by atoms with Crippen LogP contribution in [-0.2, 0) is 13.0 Å². The summed E-state index contributed by atoms with van der Waals surface area (Å²) in [4.78, 5) is 4.11. The van der Waals surface area contributed by atoms with E-state index in [1.807, 2.05) is 7.05 Å². The van der Waals surface area contributed by atoms with Gasteiger partial charge in [-0.05, 0) is 41.3 Å². The molecule has 2 aromatic carbocycles. The molecule has 0 spiro atoms. The number of nitrogens with zero attached hydrogens (tertiary/aromatic N) is 1. The first-order chi connectivity index (χ1) is 11.2. The van der Waals surface area contributed by atoms with Gasteiger partial charge in [0.15, 0.2) is 5.96 Å². The van der Waals surface area contributed by atoms with Gasteiger partial charge in [0.2, 0.25) is 0 Å². The molecule has 1 heterocycles. The van der Waals surface area contributed by atoms with Crippen molar-refractivity contribution in [3.63, 3.8) is 0 Å². The molecule has 2 aromatic rings. The topological polar surface area (TPSA) is 45.7 Å². The second-order valence-corrected chi connectivity index (χ2v) is 5.83. The molecule has 4 nitrogen and oxygen atoms in total. The maximum Gasteiger partial charge on any atom is 0.190 e. The van der Waals surface area contributed by atoms with E-state index in [1.54, 1.807) is 7.05 Å². The highest BCUT2D eigenvalue weighted by atomic mass is 127. The maximum absolute atomic E-state index is 5.77. The van der Waals surface area contributed by atoms with Crippen LogP contribution in [0.3, 0.4) is 0 Å². The van der Waals surface area contributed by atoms with Crippen molar-refractivity contribution in [3.05, 3.63) is 53.6 Å². The number of ether oxygens (including phenoxy) is 1. The molecule has 0 saturated carbocycles. The van der Waals surface area contributed by atoms with Crippen LogP contribution in [0.4, 0.5) is 0 Å². The van der Waals surface area contributed by atoms with Crippen LogP contribution < -0.4 is 15.4 Å². The molecule has 1 aliphatic rings. The van der Waals surface area contributed by atoms with E-state index in [0.717, 1.165) is 24.7 Å². The summed E-state index contributed by atoms with van der Waals surface area (Å²) < 4.78 is 5.77. The van der Waals surface area contributed by atoms with E-state index in [9.17, 15) is 0 Å². The SMILES string of the molecule is CN=C(NC)NCc1ccc(-c2ccc3c(c2)CC(C)O3)cc1.I. The van der Waals surface area contributed by atoms with Gasteiger partial charge in [-0.2, -0.15) is 0 Å². The molecule has 2 N–H and O–H groups in total. The van der Waals surface area contributed by atoms with Crippen molar-refractivity contribution >= 4 is 29.9 Å². The fraction of sp³-hybridized carbons (Fsp3) is 0.316. The molecule has 3 rings (SSSR count). The monoisotopic (exact) mass is 437 g/mol. The lowest BCUT2D eigenvalue weighted by molar-refractivity contribution is 0.254. The van der Waals surface area contributed by atoms with Crippen molar-refractivity contribution < 1.29 is 4.74 Å². The number of rotatable bonds is 3. The summed E-state index contributed by atoms with van der Waals surface area (Å²) in [7, 11) is 3.62. The molecular weight excluding hydrogens is 413 g/mol. The Bertz CT molecular complexity index is 713. The van der Waals surface area contributed by atoms with Gasteiger partial charge in [-0.15, -0.1) is 24.0 Å². The predicted octanol–water partition coefficient (Wildman–Crippen LogP) is 3.59. The number of fused-ring (bicyclic) bond motifs is 1. The first-order valence-corrected chi connectivity index (χ1v) is 7.97. The Morgan fingerprint density at radius 3 is 2.54 bits per heavy atom. The molecule has 0 amide bonds. The highest BCUT2D eigenvalue weighted by Gasteiger charge is 2.19. The van der Waals surface area contributed by atoms with E-state index < -0.39 is 0 Å². The molecule has 0 saturated heterocycles. The number of hydrogen-bond acceptors (Lipinski definition) is 2. The summed E-state index contributed by atoms with van der Waals surface area (Å²) in [6.07, 6.45) is 1.28. The number of benzene rings is 2. The van der Waals surface area contributed by atoms with Crippen LogP contribution in [0.1, 0.15) is 18.1 Å². The molecule has 0 aliphatic carbocycles. The summed E-state index contributed by atoms with van der Waals surface area (Å²) in [6.45, 7) is 2.86. The fourth-order valence-corrected chi connectivity index (χ4v) is 2.88. The Kier molecular flexibility index (Phi) is 6.48. The standard InChI is InChI=1S/C19H23N3O.HI/c1-13-10-17-11-16(8-9-18(17)23-13)15-6-4-14(5-7-15)12-22-19(20-2)21-3;/h4-9,11,13H,10,12H2,1-3H3,(H2,20,21,22);1H. The minimum absolute atomic E-state index is 0. The number of nitrogens with one attached hydrogen (secondary N) is 2. The molecule has 1 unspecified atom stereocenters. The van der Waals surface area contributed by atoms with Crippen molar-refractivity contribution in [2.24, 2.45) is 4.99 Å². The molecule has 0 bridgehead atoms. The minimum Gasteiger partial charge on any atom is -0.490 e. The van der Waals surface area contributed by atoms with E-state index in [2.05, 4.69) is 65.0 Å². The summed E-state index contributed by atoms with van der Waals surface area (Å²) in [5.41, 5.74) is 5.00. The lowest BCUT2D eigenvalue weighted by atomic mass is 10.00. The van der Waals surface area contributed by atoms with Crippen LogP contribution in [0.2, 0.25) is 0 Å². The second-order valence-electron chi connectivity index (χ2n) is 5.83. The zero-order valence-electron chi connectivity index (χ0n) is 14.3. The van der Waals surface area contributed by atoms with Crippen LogP contribution in [-0.4, -0.2) is 26.2 Å². The van der Waals surface area contributed by atoms with Gasteiger partial charge < -0.3 is 15.4 Å². The van der Waals surface area contributed by atoms with E-state index in [0.29, 0.717) is 0 Å².